The number of hydrogen-bond donors (Lipinski definition) is 3. The lowest BCUT2D eigenvalue weighted by Gasteiger charge is -2.06. The molecule has 1 atom stereocenters. The van der Waals surface area contributed by atoms with Gasteiger partial charge in [0.15, 0.2) is 0 Å². The van der Waals surface area contributed by atoms with Gasteiger partial charge in [-0.1, -0.05) is 0 Å². The van der Waals surface area contributed by atoms with Crippen molar-refractivity contribution in [2.45, 2.75) is 13.0 Å². The lowest BCUT2D eigenvalue weighted by atomic mass is 10.3. The summed E-state index contributed by atoms with van der Waals surface area (Å²) in [7, 11) is 0. The molecule has 0 saturated heterocycles. The number of carbonyl (C=O) groups is 2. The minimum atomic E-state index is -1.03. The van der Waals surface area contributed by atoms with Gasteiger partial charge in [-0.3, -0.25) is 4.79 Å². The maximum Gasteiger partial charge on any atom is 0.329 e. The van der Waals surface area contributed by atoms with E-state index >= 15 is 0 Å². The zero-order valence-electron chi connectivity index (χ0n) is 7.45. The van der Waals surface area contributed by atoms with Gasteiger partial charge in [-0.05, 0) is 6.92 Å². The summed E-state index contributed by atoms with van der Waals surface area (Å²) in [4.78, 5) is 20.8. The van der Waals surface area contributed by atoms with Gasteiger partial charge in [0.1, 0.15) is 6.61 Å². The van der Waals surface area contributed by atoms with Crippen molar-refractivity contribution in [2.24, 2.45) is 5.73 Å². The van der Waals surface area contributed by atoms with Crippen LogP contribution in [-0.2, 0) is 14.3 Å². The number of carboxylic acids is 1. The van der Waals surface area contributed by atoms with Crippen LogP contribution in [0.25, 0.3) is 0 Å². The molecule has 0 aromatic carbocycles. The van der Waals surface area contributed by atoms with E-state index in [1.54, 1.807) is 6.92 Å². The normalized spacial score (nSPS) is 12.2. The molecule has 0 rings (SSSR count). The maximum absolute atomic E-state index is 10.8. The fourth-order valence-electron chi connectivity index (χ4n) is 0.567. The molecule has 0 aliphatic rings. The van der Waals surface area contributed by atoms with Crippen LogP contribution in [-0.4, -0.2) is 42.8 Å². The first-order valence-electron chi connectivity index (χ1n) is 3.87. The number of ether oxygens (including phenoxy) is 1. The highest BCUT2D eigenvalue weighted by Crippen LogP contribution is 1.76. The largest absolute Gasteiger partial charge is 0.480 e. The third-order valence-corrected chi connectivity index (χ3v) is 1.18. The number of hydrogen-bond acceptors (Lipinski definition) is 4. The lowest BCUT2D eigenvalue weighted by Crippen LogP contribution is -2.39. The number of carboxylic acid groups (broad SMARTS) is 1. The Morgan fingerprint density at radius 1 is 1.62 bits per heavy atom. The summed E-state index contributed by atoms with van der Waals surface area (Å²) >= 11 is 0. The average Bonchev–Trinajstić information content (AvgIpc) is 2.02. The van der Waals surface area contributed by atoms with Gasteiger partial charge in [-0.15, -0.1) is 0 Å². The number of aliphatic carboxylic acids is 1. The predicted molar refractivity (Wildman–Crippen MR) is 45.1 cm³/mol. The van der Waals surface area contributed by atoms with Crippen molar-refractivity contribution in [3.63, 3.8) is 0 Å². The lowest BCUT2D eigenvalue weighted by molar-refractivity contribution is -0.142. The molecule has 0 aliphatic heterocycles. The van der Waals surface area contributed by atoms with Gasteiger partial charge in [-0.2, -0.15) is 0 Å². The molecule has 0 bridgehead atoms. The summed E-state index contributed by atoms with van der Waals surface area (Å²) in [5.74, 6) is -1.31. The maximum atomic E-state index is 10.8. The SMILES string of the molecule is CC(N)C(=O)NCCOCC(=O)O. The quantitative estimate of drug-likeness (QED) is 0.445. The molecular formula is C7H14N2O4. The molecule has 6 nitrogen and oxygen atoms in total. The van der Waals surface area contributed by atoms with Crippen LogP contribution in [0.3, 0.4) is 0 Å². The highest BCUT2D eigenvalue weighted by Gasteiger charge is 2.05. The standard InChI is InChI=1S/C7H14N2O4/c1-5(8)7(12)9-2-3-13-4-6(10)11/h5H,2-4,8H2,1H3,(H,9,12)(H,10,11). The summed E-state index contributed by atoms with van der Waals surface area (Å²) in [5.41, 5.74) is 5.25. The Morgan fingerprint density at radius 2 is 2.23 bits per heavy atom. The molecule has 0 spiro atoms. The summed E-state index contributed by atoms with van der Waals surface area (Å²) in [6.45, 7) is 1.65. The number of nitrogens with two attached hydrogens (primary N) is 1. The monoisotopic (exact) mass is 190 g/mol. The number of nitrogens with one attached hydrogen (secondary N) is 1. The molecule has 76 valence electrons. The van der Waals surface area contributed by atoms with Crippen LogP contribution in [0.4, 0.5) is 0 Å². The minimum Gasteiger partial charge on any atom is -0.480 e. The van der Waals surface area contributed by atoms with Crippen molar-refractivity contribution >= 4 is 11.9 Å². The van der Waals surface area contributed by atoms with Gasteiger partial charge in [0, 0.05) is 6.54 Å². The fourth-order valence-corrected chi connectivity index (χ4v) is 0.567. The van der Waals surface area contributed by atoms with Gasteiger partial charge in [0.25, 0.3) is 0 Å². The fraction of sp³-hybridized carbons (Fsp3) is 0.714. The van der Waals surface area contributed by atoms with Gasteiger partial charge >= 0.3 is 5.97 Å². The Labute approximate surface area is 76.0 Å². The molecule has 0 fully saturated rings. The molecule has 0 aliphatic carbocycles. The summed E-state index contributed by atoms with van der Waals surface area (Å²) in [6.07, 6.45) is 0. The van der Waals surface area contributed by atoms with E-state index in [0.717, 1.165) is 0 Å². The molecule has 1 amide bonds. The van der Waals surface area contributed by atoms with Crippen molar-refractivity contribution in [3.8, 4) is 0 Å². The van der Waals surface area contributed by atoms with Crippen LogP contribution < -0.4 is 11.1 Å². The second-order valence-corrected chi connectivity index (χ2v) is 2.53. The Morgan fingerprint density at radius 3 is 2.69 bits per heavy atom. The van der Waals surface area contributed by atoms with E-state index in [4.69, 9.17) is 10.8 Å². The summed E-state index contributed by atoms with van der Waals surface area (Å²) < 4.78 is 4.67. The van der Waals surface area contributed by atoms with Crippen molar-refractivity contribution in [3.05, 3.63) is 0 Å². The Balaban J connectivity index is 3.26. The van der Waals surface area contributed by atoms with Crippen LogP contribution in [0.2, 0.25) is 0 Å². The van der Waals surface area contributed by atoms with Crippen LogP contribution in [0.15, 0.2) is 0 Å². The Hall–Kier alpha value is -1.14. The zero-order chi connectivity index (χ0) is 10.3. The topological polar surface area (TPSA) is 102 Å². The average molecular weight is 190 g/mol. The van der Waals surface area contributed by atoms with E-state index in [9.17, 15) is 9.59 Å². The minimum absolute atomic E-state index is 0.171. The molecule has 6 heteroatoms. The van der Waals surface area contributed by atoms with E-state index in [-0.39, 0.29) is 25.7 Å². The number of carbonyl (C=O) groups excluding carboxylic acids is 1. The van der Waals surface area contributed by atoms with Gasteiger partial charge in [-0.25, -0.2) is 4.79 Å². The van der Waals surface area contributed by atoms with Gasteiger partial charge < -0.3 is 20.9 Å². The molecular weight excluding hydrogens is 176 g/mol. The summed E-state index contributed by atoms with van der Waals surface area (Å²) in [6, 6.07) is -0.556. The highest BCUT2D eigenvalue weighted by molar-refractivity contribution is 5.80. The molecule has 1 unspecified atom stereocenters. The van der Waals surface area contributed by atoms with Crippen molar-refractivity contribution < 1.29 is 19.4 Å². The second kappa shape index (κ2) is 6.38. The van der Waals surface area contributed by atoms with Crippen LogP contribution in [0.1, 0.15) is 6.92 Å². The number of rotatable bonds is 6. The van der Waals surface area contributed by atoms with Crippen LogP contribution >= 0.6 is 0 Å². The molecule has 4 N–H and O–H groups in total. The molecule has 0 radical (unpaired) electrons. The van der Waals surface area contributed by atoms with Crippen molar-refractivity contribution in [1.82, 2.24) is 5.32 Å². The van der Waals surface area contributed by atoms with Crippen LogP contribution in [0.5, 0.6) is 0 Å². The smallest absolute Gasteiger partial charge is 0.329 e. The first-order valence-corrected chi connectivity index (χ1v) is 3.87. The number of amides is 1. The first-order chi connectivity index (χ1) is 6.04. The second-order valence-electron chi connectivity index (χ2n) is 2.53. The predicted octanol–water partition coefficient (Wildman–Crippen LogP) is -1.45. The summed E-state index contributed by atoms with van der Waals surface area (Å²) in [5, 5.41) is 10.7. The first kappa shape index (κ1) is 11.9. The molecule has 0 saturated carbocycles. The van der Waals surface area contributed by atoms with Gasteiger partial charge in [0.05, 0.1) is 12.6 Å². The van der Waals surface area contributed by atoms with Gasteiger partial charge in [0.2, 0.25) is 5.91 Å². The van der Waals surface area contributed by atoms with E-state index < -0.39 is 12.0 Å². The molecule has 0 aromatic heterocycles. The van der Waals surface area contributed by atoms with E-state index in [0.29, 0.717) is 0 Å². The third-order valence-electron chi connectivity index (χ3n) is 1.18. The van der Waals surface area contributed by atoms with Crippen molar-refractivity contribution in [2.75, 3.05) is 19.8 Å². The van der Waals surface area contributed by atoms with Crippen molar-refractivity contribution in [1.29, 1.82) is 0 Å². The zero-order valence-corrected chi connectivity index (χ0v) is 7.45. The third kappa shape index (κ3) is 7.23. The highest BCUT2D eigenvalue weighted by atomic mass is 16.5. The molecule has 13 heavy (non-hydrogen) atoms. The van der Waals surface area contributed by atoms with E-state index in [2.05, 4.69) is 10.1 Å². The molecule has 0 heterocycles. The van der Waals surface area contributed by atoms with E-state index in [1.807, 2.05) is 0 Å². The molecule has 0 aromatic rings. The van der Waals surface area contributed by atoms with E-state index in [1.165, 1.54) is 0 Å². The van der Waals surface area contributed by atoms with Crippen LogP contribution in [0, 0.1) is 0 Å². The Bertz CT molecular complexity index is 181. The Kier molecular flexibility index (Phi) is 5.82.